The van der Waals surface area contributed by atoms with Gasteiger partial charge in [0.1, 0.15) is 11.5 Å². The Balaban J connectivity index is 0.000000200. The molecule has 0 amide bonds. The Labute approximate surface area is 129 Å². The first-order chi connectivity index (χ1) is 9.23. The fourth-order valence-corrected chi connectivity index (χ4v) is 1.96. The van der Waals surface area contributed by atoms with E-state index in [1.54, 1.807) is 18.2 Å². The molecule has 0 heterocycles. The Hall–Kier alpha value is -1.38. The molecule has 2 N–H and O–H groups in total. The molecule has 2 aromatic rings. The van der Waals surface area contributed by atoms with Crippen molar-refractivity contribution in [1.29, 1.82) is 0 Å². The highest BCUT2D eigenvalue weighted by atomic mass is 35.5. The van der Waals surface area contributed by atoms with E-state index in [0.29, 0.717) is 10.0 Å². The van der Waals surface area contributed by atoms with Gasteiger partial charge in [-0.05, 0) is 68.1 Å². The van der Waals surface area contributed by atoms with Crippen molar-refractivity contribution in [2.24, 2.45) is 0 Å². The molecule has 2 nitrogen and oxygen atoms in total. The van der Waals surface area contributed by atoms with E-state index in [0.717, 1.165) is 22.3 Å². The maximum Gasteiger partial charge on any atom is 0.134 e. The summed E-state index contributed by atoms with van der Waals surface area (Å²) in [4.78, 5) is 0. The number of phenolic OH excluding ortho intramolecular Hbond substituents is 2. The topological polar surface area (TPSA) is 40.5 Å². The van der Waals surface area contributed by atoms with Crippen molar-refractivity contribution in [1.82, 2.24) is 0 Å². The van der Waals surface area contributed by atoms with Crippen LogP contribution < -0.4 is 0 Å². The highest BCUT2D eigenvalue weighted by molar-refractivity contribution is 6.32. The summed E-state index contributed by atoms with van der Waals surface area (Å²) in [5.74, 6) is 0.314. The number of aryl methyl sites for hydroxylation is 3. The van der Waals surface area contributed by atoms with Crippen LogP contribution in [0.25, 0.3) is 0 Å². The maximum atomic E-state index is 9.09. The van der Waals surface area contributed by atoms with Crippen LogP contribution in [0.15, 0.2) is 24.3 Å². The van der Waals surface area contributed by atoms with Crippen LogP contribution in [0.1, 0.15) is 22.3 Å². The van der Waals surface area contributed by atoms with Crippen LogP contribution in [0.3, 0.4) is 0 Å². The van der Waals surface area contributed by atoms with Gasteiger partial charge in [-0.15, -0.1) is 0 Å². The van der Waals surface area contributed by atoms with Gasteiger partial charge in [0.05, 0.1) is 10.0 Å². The lowest BCUT2D eigenvalue weighted by atomic mass is 10.1. The standard InChI is InChI=1S/2C8H9ClO/c1-5-3-7(9)8(10)4-6(5)2;1-5-3-4-7(10)8(9)6(5)2/h2*3-4,10H,1-2H3. The van der Waals surface area contributed by atoms with Gasteiger partial charge in [0, 0.05) is 0 Å². The molecule has 0 unspecified atom stereocenters. The second-order valence-electron chi connectivity index (χ2n) is 4.73. The van der Waals surface area contributed by atoms with Gasteiger partial charge in [-0.2, -0.15) is 0 Å². The van der Waals surface area contributed by atoms with Gasteiger partial charge < -0.3 is 10.2 Å². The fourth-order valence-electron chi connectivity index (χ4n) is 1.53. The zero-order valence-corrected chi connectivity index (χ0v) is 13.5. The van der Waals surface area contributed by atoms with E-state index in [4.69, 9.17) is 33.4 Å². The van der Waals surface area contributed by atoms with Gasteiger partial charge in [-0.3, -0.25) is 0 Å². The molecule has 0 atom stereocenters. The first kappa shape index (κ1) is 16.7. The maximum absolute atomic E-state index is 9.09. The summed E-state index contributed by atoms with van der Waals surface area (Å²) in [7, 11) is 0. The minimum atomic E-state index is 0.157. The number of phenols is 2. The lowest BCUT2D eigenvalue weighted by Gasteiger charge is -2.02. The van der Waals surface area contributed by atoms with Gasteiger partial charge in [-0.1, -0.05) is 29.3 Å². The molecule has 108 valence electrons. The SMILES string of the molecule is Cc1cc(O)c(Cl)cc1C.Cc1ccc(O)c(Cl)c1C. The van der Waals surface area contributed by atoms with Gasteiger partial charge >= 0.3 is 0 Å². The molecular formula is C16H18Cl2O2. The summed E-state index contributed by atoms with van der Waals surface area (Å²) >= 11 is 11.4. The van der Waals surface area contributed by atoms with Crippen LogP contribution in [-0.4, -0.2) is 10.2 Å². The molecule has 2 aromatic carbocycles. The Morgan fingerprint density at radius 1 is 0.750 bits per heavy atom. The quantitative estimate of drug-likeness (QED) is 0.690. The summed E-state index contributed by atoms with van der Waals surface area (Å²) in [6.45, 7) is 7.74. The van der Waals surface area contributed by atoms with Gasteiger partial charge in [-0.25, -0.2) is 0 Å². The molecule has 0 fully saturated rings. The lowest BCUT2D eigenvalue weighted by Crippen LogP contribution is -1.81. The summed E-state index contributed by atoms with van der Waals surface area (Å²) in [6, 6.07) is 6.87. The second kappa shape index (κ2) is 6.87. The predicted octanol–water partition coefficient (Wildman–Crippen LogP) is 5.32. The van der Waals surface area contributed by atoms with Crippen molar-refractivity contribution >= 4 is 23.2 Å². The molecule has 2 rings (SSSR count). The van der Waals surface area contributed by atoms with Gasteiger partial charge in [0.2, 0.25) is 0 Å². The normalized spacial score (nSPS) is 9.90. The van der Waals surface area contributed by atoms with Crippen LogP contribution in [0.4, 0.5) is 0 Å². The summed E-state index contributed by atoms with van der Waals surface area (Å²) in [5, 5.41) is 19.1. The third-order valence-corrected chi connectivity index (χ3v) is 3.98. The number of rotatable bonds is 0. The first-order valence-corrected chi connectivity index (χ1v) is 6.90. The van der Waals surface area contributed by atoms with E-state index in [2.05, 4.69) is 0 Å². The van der Waals surface area contributed by atoms with E-state index in [1.807, 2.05) is 33.8 Å². The van der Waals surface area contributed by atoms with E-state index < -0.39 is 0 Å². The molecule has 0 radical (unpaired) electrons. The highest BCUT2D eigenvalue weighted by Crippen LogP contribution is 2.28. The number of hydrogen-bond acceptors (Lipinski definition) is 2. The monoisotopic (exact) mass is 312 g/mol. The summed E-state index contributed by atoms with van der Waals surface area (Å²) < 4.78 is 0. The van der Waals surface area contributed by atoms with Gasteiger partial charge in [0.15, 0.2) is 0 Å². The molecule has 0 saturated heterocycles. The Morgan fingerprint density at radius 2 is 1.30 bits per heavy atom. The molecule has 0 aromatic heterocycles. The van der Waals surface area contributed by atoms with Crippen LogP contribution >= 0.6 is 23.2 Å². The average molecular weight is 313 g/mol. The van der Waals surface area contributed by atoms with E-state index in [1.165, 1.54) is 0 Å². The molecule has 0 spiro atoms. The van der Waals surface area contributed by atoms with Crippen LogP contribution in [0, 0.1) is 27.7 Å². The average Bonchev–Trinajstić information content (AvgIpc) is 2.39. The molecule has 0 aliphatic heterocycles. The molecule has 20 heavy (non-hydrogen) atoms. The second-order valence-corrected chi connectivity index (χ2v) is 5.51. The minimum Gasteiger partial charge on any atom is -0.506 e. The Bertz CT molecular complexity index is 545. The van der Waals surface area contributed by atoms with E-state index in [-0.39, 0.29) is 11.5 Å². The molecule has 0 saturated carbocycles. The van der Waals surface area contributed by atoms with Crippen molar-refractivity contribution in [3.05, 3.63) is 56.6 Å². The van der Waals surface area contributed by atoms with Crippen molar-refractivity contribution in [3.8, 4) is 11.5 Å². The molecule has 0 aliphatic rings. The predicted molar refractivity (Wildman–Crippen MR) is 85.2 cm³/mol. The Kier molecular flexibility index (Phi) is 5.73. The van der Waals surface area contributed by atoms with E-state index >= 15 is 0 Å². The summed E-state index contributed by atoms with van der Waals surface area (Å²) in [5.41, 5.74) is 4.20. The minimum absolute atomic E-state index is 0.157. The molecule has 4 heteroatoms. The third-order valence-electron chi connectivity index (χ3n) is 3.20. The number of benzene rings is 2. The van der Waals surface area contributed by atoms with Gasteiger partial charge in [0.25, 0.3) is 0 Å². The number of aromatic hydroxyl groups is 2. The molecular weight excluding hydrogens is 295 g/mol. The fraction of sp³-hybridized carbons (Fsp3) is 0.250. The van der Waals surface area contributed by atoms with Crippen LogP contribution in [0.5, 0.6) is 11.5 Å². The van der Waals surface area contributed by atoms with Crippen molar-refractivity contribution < 1.29 is 10.2 Å². The van der Waals surface area contributed by atoms with Crippen molar-refractivity contribution in [3.63, 3.8) is 0 Å². The van der Waals surface area contributed by atoms with Crippen molar-refractivity contribution in [2.75, 3.05) is 0 Å². The zero-order chi connectivity index (χ0) is 15.4. The van der Waals surface area contributed by atoms with Crippen LogP contribution in [0.2, 0.25) is 10.0 Å². The molecule has 0 bridgehead atoms. The lowest BCUT2D eigenvalue weighted by molar-refractivity contribution is 0.474. The molecule has 0 aliphatic carbocycles. The first-order valence-electron chi connectivity index (χ1n) is 6.14. The van der Waals surface area contributed by atoms with Crippen LogP contribution in [-0.2, 0) is 0 Å². The van der Waals surface area contributed by atoms with Crippen molar-refractivity contribution in [2.45, 2.75) is 27.7 Å². The largest absolute Gasteiger partial charge is 0.506 e. The smallest absolute Gasteiger partial charge is 0.134 e. The van der Waals surface area contributed by atoms with E-state index in [9.17, 15) is 0 Å². The Morgan fingerprint density at radius 3 is 1.80 bits per heavy atom. The highest BCUT2D eigenvalue weighted by Gasteiger charge is 2.02. The number of halogens is 2. The summed E-state index contributed by atoms with van der Waals surface area (Å²) in [6.07, 6.45) is 0. The zero-order valence-electron chi connectivity index (χ0n) is 12.0. The third kappa shape index (κ3) is 4.06. The number of hydrogen-bond donors (Lipinski definition) is 2.